The molecule has 0 spiro atoms. The number of thioether (sulfide) groups is 1. The van der Waals surface area contributed by atoms with Crippen molar-refractivity contribution in [2.24, 2.45) is 4.99 Å². The first-order chi connectivity index (χ1) is 13.2. The SMILES string of the molecule is CCN1CCN(CCCCNC(=NC)N(C)Cc2ccc(SC)cc2)CC1.I. The number of benzene rings is 1. The van der Waals surface area contributed by atoms with Crippen molar-refractivity contribution in [2.75, 3.05) is 66.2 Å². The molecule has 0 atom stereocenters. The summed E-state index contributed by atoms with van der Waals surface area (Å²) in [5, 5.41) is 3.51. The van der Waals surface area contributed by atoms with Crippen molar-refractivity contribution in [3.8, 4) is 0 Å². The third kappa shape index (κ3) is 8.88. The fourth-order valence-corrected chi connectivity index (χ4v) is 3.86. The first-order valence-corrected chi connectivity index (χ1v) is 11.4. The Labute approximate surface area is 193 Å². The van der Waals surface area contributed by atoms with E-state index in [4.69, 9.17) is 0 Å². The number of hydrogen-bond donors (Lipinski definition) is 1. The maximum Gasteiger partial charge on any atom is 0.193 e. The largest absolute Gasteiger partial charge is 0.356 e. The molecule has 0 radical (unpaired) electrons. The van der Waals surface area contributed by atoms with Gasteiger partial charge < -0.3 is 20.0 Å². The van der Waals surface area contributed by atoms with Gasteiger partial charge in [0.25, 0.3) is 0 Å². The summed E-state index contributed by atoms with van der Waals surface area (Å²) in [6.07, 6.45) is 4.54. The summed E-state index contributed by atoms with van der Waals surface area (Å²) >= 11 is 1.78. The molecule has 0 unspecified atom stereocenters. The van der Waals surface area contributed by atoms with Gasteiger partial charge >= 0.3 is 0 Å². The topological polar surface area (TPSA) is 34.1 Å². The zero-order valence-corrected chi connectivity index (χ0v) is 21.1. The van der Waals surface area contributed by atoms with E-state index < -0.39 is 0 Å². The van der Waals surface area contributed by atoms with Crippen LogP contribution in [0, 0.1) is 0 Å². The molecule has 1 heterocycles. The van der Waals surface area contributed by atoms with E-state index in [-0.39, 0.29) is 24.0 Å². The minimum Gasteiger partial charge on any atom is -0.356 e. The van der Waals surface area contributed by atoms with Crippen LogP contribution in [0.4, 0.5) is 0 Å². The Bertz CT molecular complexity index is 558. The van der Waals surface area contributed by atoms with Gasteiger partial charge in [0.15, 0.2) is 5.96 Å². The third-order valence-corrected chi connectivity index (χ3v) is 5.99. The number of unbranched alkanes of at least 4 members (excludes halogenated alkanes) is 1. The number of aliphatic imine (C=N–C) groups is 1. The second-order valence-electron chi connectivity index (χ2n) is 7.16. The quantitative estimate of drug-likeness (QED) is 0.178. The van der Waals surface area contributed by atoms with E-state index in [0.717, 1.165) is 19.0 Å². The molecule has 28 heavy (non-hydrogen) atoms. The van der Waals surface area contributed by atoms with E-state index in [1.54, 1.807) is 11.8 Å². The van der Waals surface area contributed by atoms with E-state index in [1.165, 1.54) is 62.6 Å². The molecule has 0 bridgehead atoms. The van der Waals surface area contributed by atoms with Crippen LogP contribution in [0.3, 0.4) is 0 Å². The van der Waals surface area contributed by atoms with Gasteiger partial charge in [-0.25, -0.2) is 0 Å². The van der Waals surface area contributed by atoms with Crippen LogP contribution in [-0.2, 0) is 6.54 Å². The Balaban J connectivity index is 0.00000392. The highest BCUT2D eigenvalue weighted by Gasteiger charge is 2.14. The van der Waals surface area contributed by atoms with Gasteiger partial charge in [0.05, 0.1) is 0 Å². The van der Waals surface area contributed by atoms with Crippen molar-refractivity contribution in [1.29, 1.82) is 0 Å². The Morgan fingerprint density at radius 2 is 1.75 bits per heavy atom. The van der Waals surface area contributed by atoms with E-state index in [9.17, 15) is 0 Å². The highest BCUT2D eigenvalue weighted by molar-refractivity contribution is 14.0. The minimum absolute atomic E-state index is 0. The summed E-state index contributed by atoms with van der Waals surface area (Å²) in [6, 6.07) is 8.77. The predicted molar refractivity (Wildman–Crippen MR) is 134 cm³/mol. The first-order valence-electron chi connectivity index (χ1n) is 10.2. The summed E-state index contributed by atoms with van der Waals surface area (Å²) in [5.74, 6) is 0.973. The van der Waals surface area contributed by atoms with Gasteiger partial charge in [0.2, 0.25) is 0 Å². The molecule has 1 fully saturated rings. The molecular formula is C21H38IN5S. The highest BCUT2D eigenvalue weighted by Crippen LogP contribution is 2.15. The van der Waals surface area contributed by atoms with Crippen molar-refractivity contribution in [3.63, 3.8) is 0 Å². The molecule has 1 aliphatic heterocycles. The molecule has 7 heteroatoms. The number of piperazine rings is 1. The monoisotopic (exact) mass is 519 g/mol. The number of nitrogens with one attached hydrogen (secondary N) is 1. The van der Waals surface area contributed by atoms with Crippen LogP contribution in [0.1, 0.15) is 25.3 Å². The minimum atomic E-state index is 0. The van der Waals surface area contributed by atoms with E-state index >= 15 is 0 Å². The van der Waals surface area contributed by atoms with Gasteiger partial charge in [-0.15, -0.1) is 35.7 Å². The lowest BCUT2D eigenvalue weighted by molar-refractivity contribution is 0.136. The van der Waals surface area contributed by atoms with Crippen LogP contribution in [0.5, 0.6) is 0 Å². The highest BCUT2D eigenvalue weighted by atomic mass is 127. The van der Waals surface area contributed by atoms with Crippen molar-refractivity contribution in [1.82, 2.24) is 20.0 Å². The fourth-order valence-electron chi connectivity index (χ4n) is 3.45. The molecule has 0 aromatic heterocycles. The number of nitrogens with zero attached hydrogens (tertiary/aromatic N) is 4. The van der Waals surface area contributed by atoms with Crippen LogP contribution in [-0.4, -0.2) is 86.8 Å². The molecule has 1 N–H and O–H groups in total. The standard InChI is InChI=1S/C21H37N5S.HI/c1-5-25-14-16-26(17-15-25)13-7-6-12-23-21(22-2)24(3)18-19-8-10-20(27-4)11-9-19;/h8-11H,5-7,12-18H2,1-4H3,(H,22,23);1H. The average molecular weight is 520 g/mol. The smallest absolute Gasteiger partial charge is 0.193 e. The van der Waals surface area contributed by atoms with Crippen molar-refractivity contribution >= 4 is 41.7 Å². The van der Waals surface area contributed by atoms with E-state index in [1.807, 2.05) is 7.05 Å². The molecule has 0 amide bonds. The zero-order valence-electron chi connectivity index (χ0n) is 18.0. The summed E-state index contributed by atoms with van der Waals surface area (Å²) in [4.78, 5) is 13.1. The van der Waals surface area contributed by atoms with Crippen molar-refractivity contribution in [3.05, 3.63) is 29.8 Å². The number of hydrogen-bond acceptors (Lipinski definition) is 4. The maximum atomic E-state index is 4.43. The van der Waals surface area contributed by atoms with Gasteiger partial charge in [-0.3, -0.25) is 4.99 Å². The second-order valence-corrected chi connectivity index (χ2v) is 8.04. The lowest BCUT2D eigenvalue weighted by Gasteiger charge is -2.34. The van der Waals surface area contributed by atoms with Crippen LogP contribution >= 0.6 is 35.7 Å². The Hall–Kier alpha value is -0.510. The van der Waals surface area contributed by atoms with Gasteiger partial charge in [-0.1, -0.05) is 19.1 Å². The average Bonchev–Trinajstić information content (AvgIpc) is 2.71. The Morgan fingerprint density at radius 3 is 2.32 bits per heavy atom. The molecule has 5 nitrogen and oxygen atoms in total. The second kappa shape index (κ2) is 14.5. The van der Waals surface area contributed by atoms with Crippen molar-refractivity contribution in [2.45, 2.75) is 31.2 Å². The normalized spacial score (nSPS) is 15.9. The molecule has 1 aliphatic rings. The number of guanidine groups is 1. The van der Waals surface area contributed by atoms with Crippen LogP contribution in [0.15, 0.2) is 34.2 Å². The van der Waals surface area contributed by atoms with Crippen LogP contribution < -0.4 is 5.32 Å². The summed E-state index contributed by atoms with van der Waals surface area (Å²) in [7, 11) is 3.97. The molecule has 1 saturated heterocycles. The molecule has 0 aliphatic carbocycles. The van der Waals surface area contributed by atoms with Gasteiger partial charge in [0.1, 0.15) is 0 Å². The first kappa shape index (κ1) is 25.5. The summed E-state index contributed by atoms with van der Waals surface area (Å²) < 4.78 is 0. The number of halogens is 1. The van der Waals surface area contributed by atoms with Gasteiger partial charge in [-0.2, -0.15) is 0 Å². The third-order valence-electron chi connectivity index (χ3n) is 5.25. The molecule has 1 aromatic rings. The van der Waals surface area contributed by atoms with Gasteiger partial charge in [0, 0.05) is 58.3 Å². The maximum absolute atomic E-state index is 4.43. The summed E-state index contributed by atoms with van der Waals surface area (Å²) in [5.41, 5.74) is 1.31. The lowest BCUT2D eigenvalue weighted by atomic mass is 10.2. The molecule has 2 rings (SSSR count). The molecular weight excluding hydrogens is 481 g/mol. The summed E-state index contributed by atoms with van der Waals surface area (Å²) in [6.45, 7) is 11.4. The van der Waals surface area contributed by atoms with Crippen LogP contribution in [0.25, 0.3) is 0 Å². The van der Waals surface area contributed by atoms with Gasteiger partial charge in [-0.05, 0) is 49.9 Å². The Morgan fingerprint density at radius 1 is 1.11 bits per heavy atom. The molecule has 0 saturated carbocycles. The lowest BCUT2D eigenvalue weighted by Crippen LogP contribution is -2.46. The number of rotatable bonds is 9. The van der Waals surface area contributed by atoms with E-state index in [2.05, 4.69) is 69.5 Å². The van der Waals surface area contributed by atoms with Crippen LogP contribution in [0.2, 0.25) is 0 Å². The van der Waals surface area contributed by atoms with E-state index in [0.29, 0.717) is 0 Å². The zero-order chi connectivity index (χ0) is 19.5. The molecule has 1 aromatic carbocycles. The number of likely N-dealkylation sites (N-methyl/N-ethyl adjacent to an activating group) is 1. The Kier molecular flexibility index (Phi) is 13.2. The fraction of sp³-hybridized carbons (Fsp3) is 0.667. The molecule has 160 valence electrons. The predicted octanol–water partition coefficient (Wildman–Crippen LogP) is 3.45. The van der Waals surface area contributed by atoms with Crippen molar-refractivity contribution < 1.29 is 0 Å².